The van der Waals surface area contributed by atoms with Gasteiger partial charge in [0.15, 0.2) is 0 Å². The van der Waals surface area contributed by atoms with E-state index in [0.29, 0.717) is 6.42 Å². The Balaban J connectivity index is 2.31. The monoisotopic (exact) mass is 211 g/mol. The second-order valence-corrected chi connectivity index (χ2v) is 3.89. The summed E-state index contributed by atoms with van der Waals surface area (Å²) in [5, 5.41) is 18.8. The summed E-state index contributed by atoms with van der Waals surface area (Å²) < 4.78 is 0. The first-order valence-electron chi connectivity index (χ1n) is 5.01. The molecule has 5 nitrogen and oxygen atoms in total. The fraction of sp³-hybridized carbons (Fsp3) is 0.600. The van der Waals surface area contributed by atoms with Crippen LogP contribution in [0, 0.1) is 0 Å². The Bertz CT molecular complexity index is 306. The normalized spacial score (nSPS) is 14.6. The molecule has 0 saturated carbocycles. The molecule has 0 fully saturated rings. The average molecular weight is 211 g/mol. The highest BCUT2D eigenvalue weighted by molar-refractivity contribution is 5.78. The van der Waals surface area contributed by atoms with E-state index in [1.807, 2.05) is 6.92 Å². The summed E-state index contributed by atoms with van der Waals surface area (Å²) in [6.45, 7) is 3.85. The smallest absolute Gasteiger partial charge is 0.226 e. The van der Waals surface area contributed by atoms with Crippen molar-refractivity contribution in [3.63, 3.8) is 0 Å². The summed E-state index contributed by atoms with van der Waals surface area (Å²) in [6.07, 6.45) is 2.47. The van der Waals surface area contributed by atoms with Crippen LogP contribution in [0.4, 0.5) is 0 Å². The number of carbonyl (C=O) groups is 1. The number of hydrogen-bond donors (Lipinski definition) is 3. The molecule has 1 atom stereocenters. The summed E-state index contributed by atoms with van der Waals surface area (Å²) in [4.78, 5) is 11.4. The minimum absolute atomic E-state index is 0.118. The van der Waals surface area contributed by atoms with Gasteiger partial charge in [-0.1, -0.05) is 6.92 Å². The highest BCUT2D eigenvalue weighted by Gasteiger charge is 2.18. The van der Waals surface area contributed by atoms with E-state index in [2.05, 4.69) is 15.5 Å². The van der Waals surface area contributed by atoms with Crippen molar-refractivity contribution in [2.24, 2.45) is 0 Å². The van der Waals surface area contributed by atoms with E-state index in [-0.39, 0.29) is 18.9 Å². The van der Waals surface area contributed by atoms with Crippen molar-refractivity contribution < 1.29 is 9.90 Å². The first-order chi connectivity index (χ1) is 7.03. The Kier molecular flexibility index (Phi) is 3.85. The second-order valence-electron chi connectivity index (χ2n) is 3.89. The van der Waals surface area contributed by atoms with Gasteiger partial charge in [0.2, 0.25) is 5.91 Å². The van der Waals surface area contributed by atoms with Crippen molar-refractivity contribution in [1.82, 2.24) is 15.5 Å². The lowest BCUT2D eigenvalue weighted by molar-refractivity contribution is -0.121. The predicted molar refractivity (Wildman–Crippen MR) is 56.2 cm³/mol. The Morgan fingerprint density at radius 3 is 3.00 bits per heavy atom. The SMILES string of the molecule is CCC(C)(O)CNC(=O)Cc1ccn[nH]1. The Hall–Kier alpha value is -1.36. The largest absolute Gasteiger partial charge is 0.388 e. The van der Waals surface area contributed by atoms with E-state index in [1.54, 1.807) is 19.2 Å². The summed E-state index contributed by atoms with van der Waals surface area (Å²) in [5.41, 5.74) is -0.0625. The molecule has 1 heterocycles. The van der Waals surface area contributed by atoms with Crippen molar-refractivity contribution in [2.45, 2.75) is 32.3 Å². The van der Waals surface area contributed by atoms with E-state index in [4.69, 9.17) is 0 Å². The van der Waals surface area contributed by atoms with Crippen LogP contribution in [0.5, 0.6) is 0 Å². The van der Waals surface area contributed by atoms with Gasteiger partial charge in [-0.2, -0.15) is 5.10 Å². The van der Waals surface area contributed by atoms with Gasteiger partial charge in [-0.25, -0.2) is 0 Å². The van der Waals surface area contributed by atoms with Crippen LogP contribution in [-0.2, 0) is 11.2 Å². The summed E-state index contributed by atoms with van der Waals surface area (Å²) in [6, 6.07) is 1.75. The van der Waals surface area contributed by atoms with Gasteiger partial charge in [0.1, 0.15) is 0 Å². The molecule has 0 radical (unpaired) electrons. The number of aliphatic hydroxyl groups is 1. The van der Waals surface area contributed by atoms with Gasteiger partial charge in [0.05, 0.1) is 12.0 Å². The predicted octanol–water partition coefficient (Wildman–Crippen LogP) is 0.229. The third-order valence-electron chi connectivity index (χ3n) is 2.34. The fourth-order valence-electron chi connectivity index (χ4n) is 1.03. The molecule has 15 heavy (non-hydrogen) atoms. The molecule has 3 N–H and O–H groups in total. The van der Waals surface area contributed by atoms with Crippen molar-refractivity contribution in [3.05, 3.63) is 18.0 Å². The standard InChI is InChI=1S/C10H17N3O2/c1-3-10(2,15)7-11-9(14)6-8-4-5-12-13-8/h4-5,15H,3,6-7H2,1-2H3,(H,11,14)(H,12,13). The molecule has 1 aromatic heterocycles. The van der Waals surface area contributed by atoms with Crippen LogP contribution >= 0.6 is 0 Å². The summed E-state index contributed by atoms with van der Waals surface area (Å²) in [7, 11) is 0. The van der Waals surface area contributed by atoms with Crippen LogP contribution in [0.15, 0.2) is 12.3 Å². The molecular weight excluding hydrogens is 194 g/mol. The Labute approximate surface area is 88.9 Å². The number of nitrogens with one attached hydrogen (secondary N) is 2. The van der Waals surface area contributed by atoms with Gasteiger partial charge in [-0.3, -0.25) is 9.89 Å². The third-order valence-corrected chi connectivity index (χ3v) is 2.34. The van der Waals surface area contributed by atoms with Crippen LogP contribution < -0.4 is 5.32 Å². The number of carbonyl (C=O) groups excluding carboxylic acids is 1. The molecule has 84 valence electrons. The van der Waals surface area contributed by atoms with Gasteiger partial charge in [0, 0.05) is 18.4 Å². The van der Waals surface area contributed by atoms with Gasteiger partial charge in [-0.05, 0) is 19.4 Å². The van der Waals surface area contributed by atoms with Crippen molar-refractivity contribution in [3.8, 4) is 0 Å². The number of aromatic nitrogens is 2. The first kappa shape index (κ1) is 11.7. The molecule has 0 spiro atoms. The molecule has 5 heteroatoms. The van der Waals surface area contributed by atoms with Crippen LogP contribution in [0.2, 0.25) is 0 Å². The number of nitrogens with zero attached hydrogens (tertiary/aromatic N) is 1. The van der Waals surface area contributed by atoms with Crippen LogP contribution in [0.3, 0.4) is 0 Å². The fourth-order valence-corrected chi connectivity index (χ4v) is 1.03. The number of hydrogen-bond acceptors (Lipinski definition) is 3. The quantitative estimate of drug-likeness (QED) is 0.652. The molecule has 0 aromatic carbocycles. The number of aromatic amines is 1. The molecule has 1 unspecified atom stereocenters. The topological polar surface area (TPSA) is 78.0 Å². The first-order valence-corrected chi connectivity index (χ1v) is 5.01. The van der Waals surface area contributed by atoms with Crippen molar-refractivity contribution >= 4 is 5.91 Å². The highest BCUT2D eigenvalue weighted by Crippen LogP contribution is 2.05. The zero-order chi connectivity index (χ0) is 11.3. The maximum absolute atomic E-state index is 11.4. The number of H-pyrrole nitrogens is 1. The summed E-state index contributed by atoms with van der Waals surface area (Å²) in [5.74, 6) is -0.118. The highest BCUT2D eigenvalue weighted by atomic mass is 16.3. The zero-order valence-corrected chi connectivity index (χ0v) is 9.08. The third kappa shape index (κ3) is 4.12. The van der Waals surface area contributed by atoms with Gasteiger partial charge in [-0.15, -0.1) is 0 Å². The van der Waals surface area contributed by atoms with Gasteiger partial charge in [0.25, 0.3) is 0 Å². The minimum atomic E-state index is -0.830. The molecule has 1 amide bonds. The van der Waals surface area contributed by atoms with Gasteiger partial charge >= 0.3 is 0 Å². The maximum Gasteiger partial charge on any atom is 0.226 e. The Morgan fingerprint density at radius 2 is 2.47 bits per heavy atom. The molecule has 0 aliphatic rings. The summed E-state index contributed by atoms with van der Waals surface area (Å²) >= 11 is 0. The lowest BCUT2D eigenvalue weighted by atomic mass is 10.0. The molecule has 0 aliphatic heterocycles. The molecule has 0 aliphatic carbocycles. The van der Waals surface area contributed by atoms with Crippen LogP contribution in [0.1, 0.15) is 26.0 Å². The molecular formula is C10H17N3O2. The lowest BCUT2D eigenvalue weighted by Gasteiger charge is -2.21. The van der Waals surface area contributed by atoms with Crippen LogP contribution in [0.25, 0.3) is 0 Å². The zero-order valence-electron chi connectivity index (χ0n) is 9.08. The van der Waals surface area contributed by atoms with E-state index in [1.165, 1.54) is 0 Å². The molecule has 0 saturated heterocycles. The van der Waals surface area contributed by atoms with Crippen molar-refractivity contribution in [1.29, 1.82) is 0 Å². The van der Waals surface area contributed by atoms with E-state index in [9.17, 15) is 9.90 Å². The Morgan fingerprint density at radius 1 is 1.73 bits per heavy atom. The number of amides is 1. The average Bonchev–Trinajstić information content (AvgIpc) is 2.68. The van der Waals surface area contributed by atoms with E-state index < -0.39 is 5.60 Å². The maximum atomic E-state index is 11.4. The van der Waals surface area contributed by atoms with Gasteiger partial charge < -0.3 is 10.4 Å². The van der Waals surface area contributed by atoms with E-state index in [0.717, 1.165) is 5.69 Å². The lowest BCUT2D eigenvalue weighted by Crippen LogP contribution is -2.40. The number of rotatable bonds is 5. The molecule has 1 aromatic rings. The molecule has 1 rings (SSSR count). The van der Waals surface area contributed by atoms with Crippen molar-refractivity contribution in [2.75, 3.05) is 6.54 Å². The van der Waals surface area contributed by atoms with Crippen LogP contribution in [-0.4, -0.2) is 33.4 Å². The van der Waals surface area contributed by atoms with E-state index >= 15 is 0 Å². The second kappa shape index (κ2) is 4.93. The minimum Gasteiger partial charge on any atom is -0.388 e. The molecule has 0 bridgehead atoms.